The minimum atomic E-state index is 0.554. The molecule has 0 aromatic rings. The van der Waals surface area contributed by atoms with Gasteiger partial charge in [-0.1, -0.05) is 0 Å². The number of rotatable bonds is 5. The Hall–Kier alpha value is -0.120. The van der Waals surface area contributed by atoms with Crippen molar-refractivity contribution in [3.8, 4) is 0 Å². The Morgan fingerprint density at radius 2 is 2.29 bits per heavy atom. The predicted molar refractivity (Wildman–Crippen MR) is 57.5 cm³/mol. The Labute approximate surface area is 87.2 Å². The standard InChI is InChI=1S/C11H23NO2/c1-10(5-8-13-2)12-11-4-3-7-14-9-6-11/h10-12H,3-9H2,1-2H3. The molecule has 1 heterocycles. The molecule has 1 saturated heterocycles. The monoisotopic (exact) mass is 201 g/mol. The summed E-state index contributed by atoms with van der Waals surface area (Å²) in [6, 6.07) is 1.20. The second-order valence-corrected chi connectivity index (χ2v) is 4.09. The fourth-order valence-corrected chi connectivity index (χ4v) is 1.85. The van der Waals surface area contributed by atoms with Crippen LogP contribution in [0.25, 0.3) is 0 Å². The molecule has 2 unspecified atom stereocenters. The maximum atomic E-state index is 5.42. The van der Waals surface area contributed by atoms with Gasteiger partial charge in [0.2, 0.25) is 0 Å². The molecule has 3 heteroatoms. The molecule has 0 aromatic carbocycles. The maximum Gasteiger partial charge on any atom is 0.0480 e. The summed E-state index contributed by atoms with van der Waals surface area (Å²) < 4.78 is 10.5. The number of hydrogen-bond acceptors (Lipinski definition) is 3. The van der Waals surface area contributed by atoms with Crippen molar-refractivity contribution in [3.05, 3.63) is 0 Å². The van der Waals surface area contributed by atoms with Gasteiger partial charge in [-0.05, 0) is 32.6 Å². The van der Waals surface area contributed by atoms with E-state index < -0.39 is 0 Å². The average Bonchev–Trinajstić information content (AvgIpc) is 2.43. The minimum Gasteiger partial charge on any atom is -0.385 e. The highest BCUT2D eigenvalue weighted by Crippen LogP contribution is 2.09. The lowest BCUT2D eigenvalue weighted by Crippen LogP contribution is -2.37. The lowest BCUT2D eigenvalue weighted by atomic mass is 10.1. The van der Waals surface area contributed by atoms with E-state index in [1.807, 2.05) is 0 Å². The van der Waals surface area contributed by atoms with Gasteiger partial charge in [0.05, 0.1) is 0 Å². The molecule has 2 atom stereocenters. The van der Waals surface area contributed by atoms with Gasteiger partial charge in [0, 0.05) is 39.0 Å². The Bertz CT molecular complexity index is 133. The third kappa shape index (κ3) is 4.94. The van der Waals surface area contributed by atoms with E-state index in [1.165, 1.54) is 12.8 Å². The molecule has 0 aliphatic carbocycles. The second-order valence-electron chi connectivity index (χ2n) is 4.09. The van der Waals surface area contributed by atoms with Crippen LogP contribution in [0.15, 0.2) is 0 Å². The molecule has 1 aliphatic heterocycles. The predicted octanol–water partition coefficient (Wildman–Crippen LogP) is 1.57. The molecule has 1 rings (SSSR count). The van der Waals surface area contributed by atoms with Crippen LogP contribution in [0, 0.1) is 0 Å². The van der Waals surface area contributed by atoms with Gasteiger partial charge in [-0.2, -0.15) is 0 Å². The lowest BCUT2D eigenvalue weighted by Gasteiger charge is -2.21. The fraction of sp³-hybridized carbons (Fsp3) is 1.00. The highest BCUT2D eigenvalue weighted by Gasteiger charge is 2.14. The summed E-state index contributed by atoms with van der Waals surface area (Å²) in [5.41, 5.74) is 0. The van der Waals surface area contributed by atoms with Crippen LogP contribution in [0.2, 0.25) is 0 Å². The van der Waals surface area contributed by atoms with Gasteiger partial charge in [0.1, 0.15) is 0 Å². The normalized spacial score (nSPS) is 25.7. The Morgan fingerprint density at radius 3 is 3.07 bits per heavy atom. The van der Waals surface area contributed by atoms with E-state index in [9.17, 15) is 0 Å². The zero-order chi connectivity index (χ0) is 10.2. The molecule has 0 bridgehead atoms. The molecular formula is C11H23NO2. The van der Waals surface area contributed by atoms with Crippen LogP contribution < -0.4 is 5.32 Å². The van der Waals surface area contributed by atoms with Gasteiger partial charge in [0.15, 0.2) is 0 Å². The topological polar surface area (TPSA) is 30.5 Å². The average molecular weight is 201 g/mol. The first kappa shape index (κ1) is 12.0. The van der Waals surface area contributed by atoms with Crippen molar-refractivity contribution in [2.45, 2.75) is 44.7 Å². The molecule has 14 heavy (non-hydrogen) atoms. The van der Waals surface area contributed by atoms with E-state index in [1.54, 1.807) is 7.11 Å². The molecule has 0 spiro atoms. The van der Waals surface area contributed by atoms with Gasteiger partial charge in [-0.15, -0.1) is 0 Å². The lowest BCUT2D eigenvalue weighted by molar-refractivity contribution is 0.141. The van der Waals surface area contributed by atoms with Crippen molar-refractivity contribution in [2.24, 2.45) is 0 Å². The molecule has 84 valence electrons. The molecule has 0 amide bonds. The van der Waals surface area contributed by atoms with Crippen molar-refractivity contribution in [1.82, 2.24) is 5.32 Å². The first-order chi connectivity index (χ1) is 6.83. The van der Waals surface area contributed by atoms with Gasteiger partial charge in [0.25, 0.3) is 0 Å². The Kier molecular flexibility index (Phi) is 6.15. The molecular weight excluding hydrogens is 178 g/mol. The van der Waals surface area contributed by atoms with Gasteiger partial charge < -0.3 is 14.8 Å². The third-order valence-electron chi connectivity index (χ3n) is 2.73. The zero-order valence-electron chi connectivity index (χ0n) is 9.42. The van der Waals surface area contributed by atoms with E-state index in [4.69, 9.17) is 9.47 Å². The Balaban J connectivity index is 2.13. The number of ether oxygens (including phenoxy) is 2. The van der Waals surface area contributed by atoms with Crippen LogP contribution in [0.3, 0.4) is 0 Å². The SMILES string of the molecule is COCCC(C)NC1CCCOCC1. The van der Waals surface area contributed by atoms with Crippen molar-refractivity contribution >= 4 is 0 Å². The van der Waals surface area contributed by atoms with Crippen molar-refractivity contribution in [3.63, 3.8) is 0 Å². The number of hydrogen-bond donors (Lipinski definition) is 1. The van der Waals surface area contributed by atoms with E-state index >= 15 is 0 Å². The highest BCUT2D eigenvalue weighted by atomic mass is 16.5. The zero-order valence-corrected chi connectivity index (χ0v) is 9.42. The number of nitrogens with one attached hydrogen (secondary N) is 1. The molecule has 0 aromatic heterocycles. The third-order valence-corrected chi connectivity index (χ3v) is 2.73. The van der Waals surface area contributed by atoms with Crippen LogP contribution in [0.1, 0.15) is 32.6 Å². The second kappa shape index (κ2) is 7.21. The first-order valence-corrected chi connectivity index (χ1v) is 5.65. The molecule has 0 radical (unpaired) electrons. The van der Waals surface area contributed by atoms with Gasteiger partial charge >= 0.3 is 0 Å². The van der Waals surface area contributed by atoms with E-state index in [-0.39, 0.29) is 0 Å². The Morgan fingerprint density at radius 1 is 1.43 bits per heavy atom. The summed E-state index contributed by atoms with van der Waals surface area (Å²) in [5.74, 6) is 0. The van der Waals surface area contributed by atoms with E-state index in [2.05, 4.69) is 12.2 Å². The minimum absolute atomic E-state index is 0.554. The summed E-state index contributed by atoms with van der Waals surface area (Å²) in [7, 11) is 1.76. The van der Waals surface area contributed by atoms with Crippen LogP contribution in [0.4, 0.5) is 0 Å². The summed E-state index contributed by atoms with van der Waals surface area (Å²) >= 11 is 0. The summed E-state index contributed by atoms with van der Waals surface area (Å²) in [5, 5.41) is 3.63. The van der Waals surface area contributed by atoms with Crippen LogP contribution >= 0.6 is 0 Å². The maximum absolute atomic E-state index is 5.42. The largest absolute Gasteiger partial charge is 0.385 e. The number of methoxy groups -OCH3 is 1. The van der Waals surface area contributed by atoms with Gasteiger partial charge in [-0.3, -0.25) is 0 Å². The van der Waals surface area contributed by atoms with Crippen LogP contribution in [0.5, 0.6) is 0 Å². The fourth-order valence-electron chi connectivity index (χ4n) is 1.85. The molecule has 1 N–H and O–H groups in total. The van der Waals surface area contributed by atoms with Crippen molar-refractivity contribution in [1.29, 1.82) is 0 Å². The highest BCUT2D eigenvalue weighted by molar-refractivity contribution is 4.73. The molecule has 1 aliphatic rings. The molecule has 3 nitrogen and oxygen atoms in total. The molecule has 1 fully saturated rings. The molecule has 0 saturated carbocycles. The van der Waals surface area contributed by atoms with E-state index in [0.29, 0.717) is 12.1 Å². The summed E-state index contributed by atoms with van der Waals surface area (Å²) in [6.45, 7) is 4.92. The van der Waals surface area contributed by atoms with Crippen LogP contribution in [-0.2, 0) is 9.47 Å². The smallest absolute Gasteiger partial charge is 0.0480 e. The first-order valence-electron chi connectivity index (χ1n) is 5.65. The van der Waals surface area contributed by atoms with Crippen LogP contribution in [-0.4, -0.2) is 39.0 Å². The summed E-state index contributed by atoms with van der Waals surface area (Å²) in [4.78, 5) is 0. The van der Waals surface area contributed by atoms with Crippen molar-refractivity contribution < 1.29 is 9.47 Å². The summed E-state index contributed by atoms with van der Waals surface area (Å²) in [6.07, 6.45) is 4.68. The van der Waals surface area contributed by atoms with Crippen molar-refractivity contribution in [2.75, 3.05) is 26.9 Å². The van der Waals surface area contributed by atoms with Gasteiger partial charge in [-0.25, -0.2) is 0 Å². The van der Waals surface area contributed by atoms with E-state index in [0.717, 1.165) is 32.7 Å². The quantitative estimate of drug-likeness (QED) is 0.732.